The van der Waals surface area contributed by atoms with E-state index in [0.717, 1.165) is 18.0 Å². The molecule has 0 aliphatic heterocycles. The molecule has 2 N–H and O–H groups in total. The van der Waals surface area contributed by atoms with E-state index in [1.807, 2.05) is 0 Å². The van der Waals surface area contributed by atoms with Crippen molar-refractivity contribution in [3.8, 4) is 0 Å². The number of carbonyl (C=O) groups excluding carboxylic acids is 1. The van der Waals surface area contributed by atoms with E-state index in [-0.39, 0.29) is 5.56 Å². The smallest absolute Gasteiger partial charge is 0.300 e. The van der Waals surface area contributed by atoms with Crippen LogP contribution >= 0.6 is 11.8 Å². The summed E-state index contributed by atoms with van der Waals surface area (Å²) in [7, 11) is 0. The fourth-order valence-corrected chi connectivity index (χ4v) is 1.96. The maximum Gasteiger partial charge on any atom is 0.300 e. The minimum atomic E-state index is -0.884. The second-order valence-corrected chi connectivity index (χ2v) is 4.28. The highest BCUT2D eigenvalue weighted by atomic mass is 32.2. The summed E-state index contributed by atoms with van der Waals surface area (Å²) in [5.41, 5.74) is 4.48. The number of nitrogens with zero attached hydrogens (tertiary/aromatic N) is 4. The molecule has 0 saturated heterocycles. The van der Waals surface area contributed by atoms with E-state index in [0.29, 0.717) is 10.2 Å². The summed E-state index contributed by atoms with van der Waals surface area (Å²) in [6.07, 6.45) is 4.09. The van der Waals surface area contributed by atoms with Crippen molar-refractivity contribution in [2.45, 2.75) is 10.2 Å². The van der Waals surface area contributed by atoms with Crippen molar-refractivity contribution in [1.29, 1.82) is 0 Å². The van der Waals surface area contributed by atoms with Gasteiger partial charge in [0.05, 0.1) is 4.92 Å². The van der Waals surface area contributed by atoms with Crippen molar-refractivity contribution in [2.24, 2.45) is 5.73 Å². The molecule has 0 aliphatic rings. The van der Waals surface area contributed by atoms with E-state index >= 15 is 0 Å². The van der Waals surface area contributed by atoms with Gasteiger partial charge < -0.3 is 5.73 Å². The maximum absolute atomic E-state index is 11.2. The molecule has 19 heavy (non-hydrogen) atoms. The van der Waals surface area contributed by atoms with Gasteiger partial charge in [0.15, 0.2) is 5.16 Å². The van der Waals surface area contributed by atoms with Crippen LogP contribution in [0.3, 0.4) is 0 Å². The maximum atomic E-state index is 11.2. The molecule has 0 aliphatic carbocycles. The molecular weight excluding hydrogens is 270 g/mol. The summed E-state index contributed by atoms with van der Waals surface area (Å²) in [6, 6.07) is 2.91. The summed E-state index contributed by atoms with van der Waals surface area (Å²) in [5, 5.41) is 11.5. The molecule has 9 heteroatoms. The highest BCUT2D eigenvalue weighted by Crippen LogP contribution is 2.26. The fraction of sp³-hybridized carbons (Fsp3) is 0. The molecule has 96 valence electrons. The van der Waals surface area contributed by atoms with Crippen molar-refractivity contribution in [3.05, 3.63) is 46.4 Å². The molecule has 2 aromatic rings. The van der Waals surface area contributed by atoms with Gasteiger partial charge in [-0.2, -0.15) is 0 Å². The number of amides is 1. The van der Waals surface area contributed by atoms with E-state index < -0.39 is 16.5 Å². The van der Waals surface area contributed by atoms with Gasteiger partial charge in [0.1, 0.15) is 16.8 Å². The van der Waals surface area contributed by atoms with Crippen LogP contribution in [-0.4, -0.2) is 25.8 Å². The van der Waals surface area contributed by atoms with E-state index in [9.17, 15) is 14.9 Å². The largest absolute Gasteiger partial charge is 0.365 e. The number of nitro groups is 1. The first kappa shape index (κ1) is 12.9. The summed E-state index contributed by atoms with van der Waals surface area (Å²) in [4.78, 5) is 33.0. The quantitative estimate of drug-likeness (QED) is 0.502. The number of nitrogens with two attached hydrogens (primary N) is 1. The molecule has 0 bridgehead atoms. The zero-order chi connectivity index (χ0) is 13.8. The van der Waals surface area contributed by atoms with Crippen LogP contribution in [0.4, 0.5) is 5.69 Å². The molecule has 2 heterocycles. The minimum Gasteiger partial charge on any atom is -0.365 e. The summed E-state index contributed by atoms with van der Waals surface area (Å²) < 4.78 is 0. The molecular formula is C10H7N5O3S. The lowest BCUT2D eigenvalue weighted by molar-refractivity contribution is -0.385. The van der Waals surface area contributed by atoms with Gasteiger partial charge in [-0.25, -0.2) is 15.0 Å². The molecule has 0 unspecified atom stereocenters. The van der Waals surface area contributed by atoms with Crippen LogP contribution in [0.2, 0.25) is 0 Å². The molecule has 2 aromatic heterocycles. The molecule has 0 radical (unpaired) electrons. The van der Waals surface area contributed by atoms with Gasteiger partial charge in [0, 0.05) is 12.4 Å². The number of rotatable bonds is 4. The molecule has 0 saturated carbocycles. The van der Waals surface area contributed by atoms with Crippen LogP contribution in [0.15, 0.2) is 40.9 Å². The van der Waals surface area contributed by atoms with Crippen molar-refractivity contribution in [2.75, 3.05) is 0 Å². The Morgan fingerprint density at radius 3 is 2.58 bits per heavy atom. The number of carbonyl (C=O) groups is 1. The lowest BCUT2D eigenvalue weighted by Crippen LogP contribution is -2.13. The van der Waals surface area contributed by atoms with Gasteiger partial charge in [-0.3, -0.25) is 14.9 Å². The van der Waals surface area contributed by atoms with Gasteiger partial charge in [-0.05, 0) is 23.9 Å². The minimum absolute atomic E-state index is 0.196. The van der Waals surface area contributed by atoms with E-state index in [1.54, 1.807) is 18.5 Å². The summed E-state index contributed by atoms with van der Waals surface area (Å²) in [5.74, 6) is -0.884. The number of primary amides is 1. The van der Waals surface area contributed by atoms with Crippen molar-refractivity contribution < 1.29 is 9.72 Å². The van der Waals surface area contributed by atoms with E-state index in [1.165, 1.54) is 6.07 Å². The Hall–Kier alpha value is -2.55. The fourth-order valence-electron chi connectivity index (χ4n) is 1.26. The van der Waals surface area contributed by atoms with Crippen LogP contribution < -0.4 is 5.73 Å². The number of hydrogen-bond acceptors (Lipinski definition) is 7. The molecule has 1 amide bonds. The Labute approximate surface area is 111 Å². The van der Waals surface area contributed by atoms with Crippen LogP contribution in [0.25, 0.3) is 0 Å². The highest BCUT2D eigenvalue weighted by Gasteiger charge is 2.20. The van der Waals surface area contributed by atoms with Crippen LogP contribution in [0.1, 0.15) is 10.4 Å². The van der Waals surface area contributed by atoms with Gasteiger partial charge in [-0.15, -0.1) is 0 Å². The molecule has 0 aromatic carbocycles. The Morgan fingerprint density at radius 1 is 1.32 bits per heavy atom. The van der Waals surface area contributed by atoms with Crippen molar-refractivity contribution >= 4 is 23.4 Å². The predicted molar refractivity (Wildman–Crippen MR) is 65.6 cm³/mol. The standard InChI is InChI=1S/C10H7N5O3S/c11-9(16)6-4-8(14-5-7(6)15(17)18)19-10-12-2-1-3-13-10/h1-5H,(H2,11,16). The first-order chi connectivity index (χ1) is 9.08. The Kier molecular flexibility index (Phi) is 3.66. The SMILES string of the molecule is NC(=O)c1cc(Sc2ncccn2)ncc1[N+](=O)[O-]. The van der Waals surface area contributed by atoms with Crippen molar-refractivity contribution in [1.82, 2.24) is 15.0 Å². The molecule has 0 fully saturated rings. The van der Waals surface area contributed by atoms with E-state index in [4.69, 9.17) is 5.73 Å². The Bertz CT molecular complexity index is 634. The normalized spacial score (nSPS) is 10.1. The lowest BCUT2D eigenvalue weighted by atomic mass is 10.2. The number of aromatic nitrogens is 3. The molecule has 8 nitrogen and oxygen atoms in total. The van der Waals surface area contributed by atoms with Gasteiger partial charge in [0.2, 0.25) is 0 Å². The molecule has 0 spiro atoms. The average molecular weight is 277 g/mol. The Balaban J connectivity index is 2.36. The van der Waals surface area contributed by atoms with Crippen LogP contribution in [0, 0.1) is 10.1 Å². The number of hydrogen-bond donors (Lipinski definition) is 1. The second kappa shape index (κ2) is 5.40. The van der Waals surface area contributed by atoms with Crippen molar-refractivity contribution in [3.63, 3.8) is 0 Å². The topological polar surface area (TPSA) is 125 Å². The number of pyridine rings is 1. The molecule has 0 atom stereocenters. The monoisotopic (exact) mass is 277 g/mol. The van der Waals surface area contributed by atoms with Gasteiger partial charge in [0.25, 0.3) is 11.6 Å². The first-order valence-electron chi connectivity index (χ1n) is 4.97. The summed E-state index contributed by atoms with van der Waals surface area (Å²) in [6.45, 7) is 0. The highest BCUT2D eigenvalue weighted by molar-refractivity contribution is 7.99. The third-order valence-corrected chi connectivity index (χ3v) is 2.88. The molecule has 2 rings (SSSR count). The van der Waals surface area contributed by atoms with Crippen LogP contribution in [-0.2, 0) is 0 Å². The zero-order valence-electron chi connectivity index (χ0n) is 9.39. The van der Waals surface area contributed by atoms with Gasteiger partial charge >= 0.3 is 0 Å². The predicted octanol–water partition coefficient (Wildman–Crippen LogP) is 1.03. The first-order valence-corrected chi connectivity index (χ1v) is 5.78. The summed E-state index contributed by atoms with van der Waals surface area (Å²) >= 11 is 1.08. The lowest BCUT2D eigenvalue weighted by Gasteiger charge is -2.02. The Morgan fingerprint density at radius 2 is 2.00 bits per heavy atom. The van der Waals surface area contributed by atoms with Crippen LogP contribution in [0.5, 0.6) is 0 Å². The zero-order valence-corrected chi connectivity index (χ0v) is 10.2. The van der Waals surface area contributed by atoms with Gasteiger partial charge in [-0.1, -0.05) is 0 Å². The second-order valence-electron chi connectivity index (χ2n) is 3.29. The third kappa shape index (κ3) is 3.01. The third-order valence-electron chi connectivity index (χ3n) is 2.06. The average Bonchev–Trinajstić information content (AvgIpc) is 2.39. The van der Waals surface area contributed by atoms with E-state index in [2.05, 4.69) is 15.0 Å².